The molecule has 0 aromatic heterocycles. The molecular weight excluding hydrogens is 220 g/mol. The van der Waals surface area contributed by atoms with Crippen LogP contribution < -0.4 is 9.47 Å². The Hall–Kier alpha value is -1.55. The molecule has 0 aliphatic rings. The summed E-state index contributed by atoms with van der Waals surface area (Å²) in [7, 11) is 3.05. The lowest BCUT2D eigenvalue weighted by Gasteiger charge is -2.26. The monoisotopic (exact) mass is 238 g/mol. The van der Waals surface area contributed by atoms with Gasteiger partial charge in [0.1, 0.15) is 6.29 Å². The van der Waals surface area contributed by atoms with Crippen LogP contribution in [0.3, 0.4) is 0 Å². The van der Waals surface area contributed by atoms with E-state index in [1.807, 2.05) is 13.8 Å². The highest BCUT2D eigenvalue weighted by atomic mass is 16.5. The van der Waals surface area contributed by atoms with Crippen molar-refractivity contribution in [1.29, 1.82) is 0 Å². The van der Waals surface area contributed by atoms with Crippen molar-refractivity contribution in [1.82, 2.24) is 0 Å². The molecule has 0 saturated heterocycles. The fourth-order valence-electron chi connectivity index (χ4n) is 1.64. The average molecular weight is 238 g/mol. The minimum atomic E-state index is -0.502. The number of benzene rings is 1. The van der Waals surface area contributed by atoms with Gasteiger partial charge in [-0.1, -0.05) is 13.8 Å². The van der Waals surface area contributed by atoms with Crippen LogP contribution in [0.25, 0.3) is 0 Å². The molecule has 1 N–H and O–H groups in total. The summed E-state index contributed by atoms with van der Waals surface area (Å²) < 4.78 is 10.5. The first-order chi connectivity index (χ1) is 8.00. The van der Waals surface area contributed by atoms with Gasteiger partial charge in [-0.15, -0.1) is 0 Å². The SMILES string of the molecule is COc1cc(C=O)cc(C(C)(C)CO)c1OC. The van der Waals surface area contributed by atoms with Crippen molar-refractivity contribution in [3.05, 3.63) is 23.3 Å². The molecule has 0 bridgehead atoms. The van der Waals surface area contributed by atoms with E-state index in [1.165, 1.54) is 14.2 Å². The molecule has 0 spiro atoms. The summed E-state index contributed by atoms with van der Waals surface area (Å²) in [5, 5.41) is 9.41. The van der Waals surface area contributed by atoms with Gasteiger partial charge in [0.05, 0.1) is 20.8 Å². The quantitative estimate of drug-likeness (QED) is 0.794. The first-order valence-electron chi connectivity index (χ1n) is 5.32. The lowest BCUT2D eigenvalue weighted by molar-refractivity contribution is 0.112. The van der Waals surface area contributed by atoms with E-state index in [0.717, 1.165) is 11.8 Å². The fraction of sp³-hybridized carbons (Fsp3) is 0.462. The number of aliphatic hydroxyl groups excluding tert-OH is 1. The van der Waals surface area contributed by atoms with Crippen LogP contribution in [0.4, 0.5) is 0 Å². The standard InChI is InChI=1S/C13H18O4/c1-13(2,8-15)10-5-9(7-14)6-11(16-3)12(10)17-4/h5-7,15H,8H2,1-4H3. The van der Waals surface area contributed by atoms with Crippen molar-refractivity contribution in [2.45, 2.75) is 19.3 Å². The molecule has 1 aromatic carbocycles. The highest BCUT2D eigenvalue weighted by Crippen LogP contribution is 2.39. The van der Waals surface area contributed by atoms with Crippen LogP contribution in [0.2, 0.25) is 0 Å². The molecule has 0 atom stereocenters. The second-order valence-corrected chi connectivity index (χ2v) is 4.46. The van der Waals surface area contributed by atoms with Crippen LogP contribution in [-0.4, -0.2) is 32.2 Å². The Labute approximate surface area is 101 Å². The molecule has 0 amide bonds. The second kappa shape index (κ2) is 5.19. The highest BCUT2D eigenvalue weighted by molar-refractivity contribution is 5.77. The molecule has 0 heterocycles. The normalized spacial score (nSPS) is 11.1. The molecule has 1 aromatic rings. The van der Waals surface area contributed by atoms with Crippen LogP contribution in [0.5, 0.6) is 11.5 Å². The van der Waals surface area contributed by atoms with Gasteiger partial charge >= 0.3 is 0 Å². The Balaban J connectivity index is 3.49. The van der Waals surface area contributed by atoms with Crippen molar-refractivity contribution in [2.24, 2.45) is 0 Å². The summed E-state index contributed by atoms with van der Waals surface area (Å²) >= 11 is 0. The minimum absolute atomic E-state index is 0.0468. The zero-order valence-electron chi connectivity index (χ0n) is 10.6. The Morgan fingerprint density at radius 3 is 2.35 bits per heavy atom. The number of hydrogen-bond donors (Lipinski definition) is 1. The maximum Gasteiger partial charge on any atom is 0.164 e. The van der Waals surface area contributed by atoms with Gasteiger partial charge < -0.3 is 14.6 Å². The predicted octanol–water partition coefficient (Wildman–Crippen LogP) is 1.79. The van der Waals surface area contributed by atoms with Gasteiger partial charge in [0, 0.05) is 16.5 Å². The zero-order valence-corrected chi connectivity index (χ0v) is 10.6. The van der Waals surface area contributed by atoms with E-state index >= 15 is 0 Å². The summed E-state index contributed by atoms with van der Waals surface area (Å²) in [5.41, 5.74) is 0.751. The number of rotatable bonds is 5. The first-order valence-corrected chi connectivity index (χ1v) is 5.32. The number of carbonyl (C=O) groups excluding carboxylic acids is 1. The second-order valence-electron chi connectivity index (χ2n) is 4.46. The topological polar surface area (TPSA) is 55.8 Å². The Morgan fingerprint density at radius 1 is 1.29 bits per heavy atom. The predicted molar refractivity (Wildman–Crippen MR) is 65.0 cm³/mol. The van der Waals surface area contributed by atoms with Gasteiger partial charge in [-0.25, -0.2) is 0 Å². The Morgan fingerprint density at radius 2 is 1.94 bits per heavy atom. The van der Waals surface area contributed by atoms with Crippen molar-refractivity contribution in [3.63, 3.8) is 0 Å². The Kier molecular flexibility index (Phi) is 4.12. The zero-order chi connectivity index (χ0) is 13.1. The third-order valence-corrected chi connectivity index (χ3v) is 2.76. The van der Waals surface area contributed by atoms with Crippen LogP contribution in [0.15, 0.2) is 12.1 Å². The van der Waals surface area contributed by atoms with Gasteiger partial charge in [0.25, 0.3) is 0 Å². The summed E-state index contributed by atoms with van der Waals surface area (Å²) in [6.45, 7) is 3.70. The van der Waals surface area contributed by atoms with E-state index in [-0.39, 0.29) is 6.61 Å². The summed E-state index contributed by atoms with van der Waals surface area (Å²) in [4.78, 5) is 10.9. The lowest BCUT2D eigenvalue weighted by Crippen LogP contribution is -2.23. The number of aldehydes is 1. The van der Waals surface area contributed by atoms with Gasteiger partial charge in [0.2, 0.25) is 0 Å². The van der Waals surface area contributed by atoms with Crippen molar-refractivity contribution in [2.75, 3.05) is 20.8 Å². The third kappa shape index (κ3) is 2.58. The van der Waals surface area contributed by atoms with Crippen LogP contribution >= 0.6 is 0 Å². The highest BCUT2D eigenvalue weighted by Gasteiger charge is 2.26. The molecule has 0 aliphatic heterocycles. The maximum absolute atomic E-state index is 10.9. The van der Waals surface area contributed by atoms with E-state index < -0.39 is 5.41 Å². The van der Waals surface area contributed by atoms with Gasteiger partial charge in [-0.05, 0) is 12.1 Å². The van der Waals surface area contributed by atoms with Crippen LogP contribution in [0, 0.1) is 0 Å². The van der Waals surface area contributed by atoms with E-state index in [9.17, 15) is 9.90 Å². The number of carbonyl (C=O) groups is 1. The maximum atomic E-state index is 10.9. The van der Waals surface area contributed by atoms with Gasteiger partial charge in [-0.2, -0.15) is 0 Å². The minimum Gasteiger partial charge on any atom is -0.493 e. The molecule has 0 unspecified atom stereocenters. The molecule has 17 heavy (non-hydrogen) atoms. The Bertz CT molecular complexity index is 410. The fourth-order valence-corrected chi connectivity index (χ4v) is 1.64. The number of aliphatic hydroxyl groups is 1. The van der Waals surface area contributed by atoms with Crippen LogP contribution in [-0.2, 0) is 5.41 Å². The molecule has 0 radical (unpaired) electrons. The summed E-state index contributed by atoms with van der Waals surface area (Å²) in [6.07, 6.45) is 0.749. The van der Waals surface area contributed by atoms with E-state index in [0.29, 0.717) is 17.1 Å². The molecule has 0 saturated carbocycles. The van der Waals surface area contributed by atoms with Gasteiger partial charge in [-0.3, -0.25) is 4.79 Å². The average Bonchev–Trinajstić information content (AvgIpc) is 2.36. The summed E-state index contributed by atoms with van der Waals surface area (Å²) in [5.74, 6) is 1.05. The molecule has 4 nitrogen and oxygen atoms in total. The van der Waals surface area contributed by atoms with Crippen LogP contribution in [0.1, 0.15) is 29.8 Å². The molecule has 0 fully saturated rings. The molecule has 94 valence electrons. The molecular formula is C13H18O4. The summed E-state index contributed by atoms with van der Waals surface area (Å²) in [6, 6.07) is 3.33. The number of hydrogen-bond acceptors (Lipinski definition) is 4. The van der Waals surface area contributed by atoms with E-state index in [4.69, 9.17) is 9.47 Å². The van der Waals surface area contributed by atoms with Crippen molar-refractivity contribution >= 4 is 6.29 Å². The first kappa shape index (κ1) is 13.5. The van der Waals surface area contributed by atoms with Crippen molar-refractivity contribution in [3.8, 4) is 11.5 Å². The number of ether oxygens (including phenoxy) is 2. The lowest BCUT2D eigenvalue weighted by atomic mass is 9.84. The number of methoxy groups -OCH3 is 2. The van der Waals surface area contributed by atoms with Crippen molar-refractivity contribution < 1.29 is 19.4 Å². The molecule has 1 rings (SSSR count). The third-order valence-electron chi connectivity index (χ3n) is 2.76. The van der Waals surface area contributed by atoms with Gasteiger partial charge in [0.15, 0.2) is 11.5 Å². The smallest absolute Gasteiger partial charge is 0.164 e. The molecule has 4 heteroatoms. The van der Waals surface area contributed by atoms with E-state index in [1.54, 1.807) is 12.1 Å². The largest absolute Gasteiger partial charge is 0.493 e. The van der Waals surface area contributed by atoms with E-state index in [2.05, 4.69) is 0 Å². The molecule has 0 aliphatic carbocycles.